The number of halogens is 1. The number of aliphatic hydroxyl groups excluding tert-OH is 1. The summed E-state index contributed by atoms with van der Waals surface area (Å²) in [6.45, 7) is 0.0871. The SMILES string of the molecule is O=C(O)[C@@H]1C[C@H](O)CN1C(=O)Cc1cccc(Br)c1. The molecule has 0 aliphatic carbocycles. The molecule has 2 rings (SSSR count). The smallest absolute Gasteiger partial charge is 0.326 e. The number of likely N-dealkylation sites (tertiary alicyclic amines) is 1. The van der Waals surface area contributed by atoms with E-state index in [1.54, 1.807) is 0 Å². The molecule has 6 heteroatoms. The predicted octanol–water partition coefficient (Wildman–Crippen LogP) is 1.04. The van der Waals surface area contributed by atoms with Crippen LogP contribution in [0.15, 0.2) is 28.7 Å². The van der Waals surface area contributed by atoms with Gasteiger partial charge < -0.3 is 15.1 Å². The quantitative estimate of drug-likeness (QED) is 0.869. The van der Waals surface area contributed by atoms with Crippen LogP contribution in [0.25, 0.3) is 0 Å². The van der Waals surface area contributed by atoms with Gasteiger partial charge in [0.05, 0.1) is 12.5 Å². The number of carboxylic acids is 1. The van der Waals surface area contributed by atoms with Crippen LogP contribution in [0, 0.1) is 0 Å². The Bertz CT molecular complexity index is 505. The van der Waals surface area contributed by atoms with Crippen LogP contribution in [0.2, 0.25) is 0 Å². The van der Waals surface area contributed by atoms with Gasteiger partial charge in [0.25, 0.3) is 0 Å². The highest BCUT2D eigenvalue weighted by Crippen LogP contribution is 2.20. The first-order valence-corrected chi connectivity index (χ1v) is 6.71. The molecule has 0 unspecified atom stereocenters. The molecule has 19 heavy (non-hydrogen) atoms. The van der Waals surface area contributed by atoms with Crippen molar-refractivity contribution < 1.29 is 19.8 Å². The Hall–Kier alpha value is -1.40. The molecule has 2 atom stereocenters. The molecule has 0 saturated carbocycles. The lowest BCUT2D eigenvalue weighted by Crippen LogP contribution is -2.41. The molecule has 0 radical (unpaired) electrons. The third-order valence-corrected chi connectivity index (χ3v) is 3.62. The fourth-order valence-corrected chi connectivity index (χ4v) is 2.69. The van der Waals surface area contributed by atoms with Crippen LogP contribution in [0.1, 0.15) is 12.0 Å². The number of carbonyl (C=O) groups is 2. The molecule has 1 aromatic rings. The first kappa shape index (κ1) is 14.0. The van der Waals surface area contributed by atoms with E-state index in [2.05, 4.69) is 15.9 Å². The number of β-amino-alcohol motifs (C(OH)–C–C–N with tert-alkyl or cyclic N) is 1. The van der Waals surface area contributed by atoms with E-state index in [1.807, 2.05) is 24.3 Å². The molecule has 1 aromatic carbocycles. The van der Waals surface area contributed by atoms with Crippen LogP contribution in [0.3, 0.4) is 0 Å². The van der Waals surface area contributed by atoms with Gasteiger partial charge in [0.1, 0.15) is 6.04 Å². The molecule has 0 spiro atoms. The van der Waals surface area contributed by atoms with E-state index in [9.17, 15) is 14.7 Å². The maximum Gasteiger partial charge on any atom is 0.326 e. The Labute approximate surface area is 119 Å². The summed E-state index contributed by atoms with van der Waals surface area (Å²) in [5, 5.41) is 18.6. The summed E-state index contributed by atoms with van der Waals surface area (Å²) in [7, 11) is 0. The van der Waals surface area contributed by atoms with Crippen molar-refractivity contribution >= 4 is 27.8 Å². The van der Waals surface area contributed by atoms with Crippen LogP contribution >= 0.6 is 15.9 Å². The minimum atomic E-state index is -1.07. The molecule has 5 nitrogen and oxygen atoms in total. The van der Waals surface area contributed by atoms with Crippen molar-refractivity contribution in [2.75, 3.05) is 6.54 Å². The second-order valence-electron chi connectivity index (χ2n) is 4.60. The van der Waals surface area contributed by atoms with Gasteiger partial charge in [-0.3, -0.25) is 4.79 Å². The summed E-state index contributed by atoms with van der Waals surface area (Å²) in [6.07, 6.45) is -0.525. The van der Waals surface area contributed by atoms with Crippen molar-refractivity contribution in [1.82, 2.24) is 4.90 Å². The largest absolute Gasteiger partial charge is 0.480 e. The van der Waals surface area contributed by atoms with E-state index in [-0.39, 0.29) is 25.3 Å². The highest BCUT2D eigenvalue weighted by molar-refractivity contribution is 9.10. The number of carboxylic acid groups (broad SMARTS) is 1. The lowest BCUT2D eigenvalue weighted by molar-refractivity contribution is -0.148. The van der Waals surface area contributed by atoms with Gasteiger partial charge in [0.2, 0.25) is 5.91 Å². The average molecular weight is 328 g/mol. The zero-order chi connectivity index (χ0) is 14.0. The fourth-order valence-electron chi connectivity index (χ4n) is 2.25. The van der Waals surface area contributed by atoms with Crippen molar-refractivity contribution in [3.63, 3.8) is 0 Å². The highest BCUT2D eigenvalue weighted by atomic mass is 79.9. The number of hydrogen-bond acceptors (Lipinski definition) is 3. The molecule has 0 aromatic heterocycles. The number of aliphatic carboxylic acids is 1. The van der Waals surface area contributed by atoms with Gasteiger partial charge in [0.15, 0.2) is 0 Å². The second kappa shape index (κ2) is 5.71. The van der Waals surface area contributed by atoms with Crippen LogP contribution in [0.5, 0.6) is 0 Å². The minimum absolute atomic E-state index is 0.0871. The van der Waals surface area contributed by atoms with Crippen LogP contribution in [-0.2, 0) is 16.0 Å². The summed E-state index contributed by atoms with van der Waals surface area (Å²) in [4.78, 5) is 24.4. The molecule has 1 fully saturated rings. The van der Waals surface area contributed by atoms with E-state index in [1.165, 1.54) is 4.90 Å². The Morgan fingerprint density at radius 3 is 2.79 bits per heavy atom. The zero-order valence-corrected chi connectivity index (χ0v) is 11.7. The van der Waals surface area contributed by atoms with Gasteiger partial charge in [-0.2, -0.15) is 0 Å². The van der Waals surface area contributed by atoms with Crippen molar-refractivity contribution in [3.8, 4) is 0 Å². The van der Waals surface area contributed by atoms with Gasteiger partial charge in [-0.05, 0) is 17.7 Å². The summed E-state index contributed by atoms with van der Waals surface area (Å²) in [5.74, 6) is -1.35. The first-order chi connectivity index (χ1) is 8.97. The predicted molar refractivity (Wildman–Crippen MR) is 71.6 cm³/mol. The van der Waals surface area contributed by atoms with Crippen LogP contribution in [-0.4, -0.2) is 45.7 Å². The van der Waals surface area contributed by atoms with Crippen molar-refractivity contribution in [2.24, 2.45) is 0 Å². The molecular formula is C13H14BrNO4. The number of carbonyl (C=O) groups excluding carboxylic acids is 1. The molecule has 0 bridgehead atoms. The minimum Gasteiger partial charge on any atom is -0.480 e. The maximum absolute atomic E-state index is 12.1. The van der Waals surface area contributed by atoms with Gasteiger partial charge in [0, 0.05) is 17.4 Å². The van der Waals surface area contributed by atoms with Crippen LogP contribution in [0.4, 0.5) is 0 Å². The van der Waals surface area contributed by atoms with Gasteiger partial charge >= 0.3 is 5.97 Å². The first-order valence-electron chi connectivity index (χ1n) is 5.92. The maximum atomic E-state index is 12.1. The second-order valence-corrected chi connectivity index (χ2v) is 5.51. The van der Waals surface area contributed by atoms with Crippen LogP contribution < -0.4 is 0 Å². The summed E-state index contributed by atoms with van der Waals surface area (Å²) in [6, 6.07) is 6.38. The molecular weight excluding hydrogens is 314 g/mol. The number of benzene rings is 1. The van der Waals surface area contributed by atoms with Crippen molar-refractivity contribution in [2.45, 2.75) is 25.0 Å². The summed E-state index contributed by atoms with van der Waals surface area (Å²) < 4.78 is 0.869. The number of rotatable bonds is 3. The number of aliphatic hydroxyl groups is 1. The van der Waals surface area contributed by atoms with Crippen molar-refractivity contribution in [1.29, 1.82) is 0 Å². The Balaban J connectivity index is 2.09. The monoisotopic (exact) mass is 327 g/mol. The average Bonchev–Trinajstić information content (AvgIpc) is 2.71. The summed E-state index contributed by atoms with van der Waals surface area (Å²) >= 11 is 3.32. The Morgan fingerprint density at radius 2 is 2.16 bits per heavy atom. The highest BCUT2D eigenvalue weighted by Gasteiger charge is 2.38. The number of amides is 1. The molecule has 1 aliphatic rings. The van der Waals surface area contributed by atoms with E-state index in [0.29, 0.717) is 0 Å². The standard InChI is InChI=1S/C13H14BrNO4/c14-9-3-1-2-8(4-9)5-12(17)15-7-10(16)6-11(15)13(18)19/h1-4,10-11,16H,5-7H2,(H,18,19)/t10-,11-/m0/s1. The number of hydrogen-bond donors (Lipinski definition) is 2. The number of nitrogens with zero attached hydrogens (tertiary/aromatic N) is 1. The zero-order valence-electron chi connectivity index (χ0n) is 10.1. The fraction of sp³-hybridized carbons (Fsp3) is 0.385. The molecule has 1 heterocycles. The third kappa shape index (κ3) is 3.33. The van der Waals surface area contributed by atoms with Gasteiger partial charge in [-0.1, -0.05) is 28.1 Å². The van der Waals surface area contributed by atoms with E-state index >= 15 is 0 Å². The Kier molecular flexibility index (Phi) is 4.21. The lowest BCUT2D eigenvalue weighted by atomic mass is 10.1. The van der Waals surface area contributed by atoms with Crippen molar-refractivity contribution in [3.05, 3.63) is 34.3 Å². The topological polar surface area (TPSA) is 77.8 Å². The normalized spacial score (nSPS) is 22.5. The van der Waals surface area contributed by atoms with Gasteiger partial charge in [-0.15, -0.1) is 0 Å². The third-order valence-electron chi connectivity index (χ3n) is 3.13. The molecule has 102 valence electrons. The Morgan fingerprint density at radius 1 is 1.42 bits per heavy atom. The van der Waals surface area contributed by atoms with E-state index < -0.39 is 18.1 Å². The molecule has 2 N–H and O–H groups in total. The van der Waals surface area contributed by atoms with E-state index in [0.717, 1.165) is 10.0 Å². The molecule has 1 saturated heterocycles. The molecule has 1 amide bonds. The summed E-state index contributed by atoms with van der Waals surface area (Å²) in [5.41, 5.74) is 0.810. The molecule has 1 aliphatic heterocycles. The van der Waals surface area contributed by atoms with Gasteiger partial charge in [-0.25, -0.2) is 4.79 Å². The van der Waals surface area contributed by atoms with E-state index in [4.69, 9.17) is 5.11 Å². The lowest BCUT2D eigenvalue weighted by Gasteiger charge is -2.21.